The van der Waals surface area contributed by atoms with Crippen LogP contribution in [0.5, 0.6) is 0 Å². The molecule has 5 rings (SSSR count). The summed E-state index contributed by atoms with van der Waals surface area (Å²) in [5, 5.41) is 0. The summed E-state index contributed by atoms with van der Waals surface area (Å²) in [6.07, 6.45) is 0. The summed E-state index contributed by atoms with van der Waals surface area (Å²) in [4.78, 5) is 33.7. The van der Waals surface area contributed by atoms with E-state index in [2.05, 4.69) is 434 Å². The number of anilines is 4. The van der Waals surface area contributed by atoms with Crippen LogP contribution in [0.25, 0.3) is 11.1 Å². The Morgan fingerprint density at radius 2 is 0.522 bits per heavy atom. The molecule has 0 fully saturated rings. The van der Waals surface area contributed by atoms with Gasteiger partial charge in [0.2, 0.25) is 0 Å². The monoisotopic (exact) mass is 2920 g/mol. The second-order valence-electron chi connectivity index (χ2n) is 13.1. The van der Waals surface area contributed by atoms with Gasteiger partial charge in [0.1, 0.15) is 0 Å². The Labute approximate surface area is 637 Å². The molecule has 0 amide bonds. The third-order valence-electron chi connectivity index (χ3n) is 7.96. The molecule has 362 valence electrons. The number of nitrogen functional groups attached to an aromatic ring is 4. The quantitative estimate of drug-likeness (QED) is 0.0449. The number of Topliss-reactive ketones (excluding diaryl/α,β-unsaturated/α-hetero) is 3. The van der Waals surface area contributed by atoms with Gasteiger partial charge in [-0.05, 0) is 471 Å². The number of allylic oxidation sites excluding steroid dienone is 2. The summed E-state index contributed by atoms with van der Waals surface area (Å²) in [5.41, 5.74) is 31.8. The number of carbonyl (C=O) groups excluding carboxylic acids is 3. The Morgan fingerprint density at radius 3 is 0.731 bits per heavy atom. The van der Waals surface area contributed by atoms with Gasteiger partial charge in [-0.15, -0.1) is 0 Å². The zero-order valence-electron chi connectivity index (χ0n) is 34.5. The third-order valence-corrected chi connectivity index (χ3v) is 39.9. The smallest absolute Gasteiger partial charge is 0.162 e. The fourth-order valence-electron chi connectivity index (χ4n) is 4.77. The highest BCUT2D eigenvalue weighted by atomic mass is 127. The number of rotatable bonds is 5. The van der Waals surface area contributed by atoms with Gasteiger partial charge in [0.25, 0.3) is 0 Å². The van der Waals surface area contributed by atoms with E-state index in [1.54, 1.807) is 25.1 Å². The molecule has 8 N–H and O–H groups in total. The largest absolute Gasteiger partial charge is 0.399 e. The van der Waals surface area contributed by atoms with Gasteiger partial charge in [0.15, 0.2) is 17.3 Å². The van der Waals surface area contributed by atoms with Crippen molar-refractivity contribution < 1.29 is 14.4 Å². The van der Waals surface area contributed by atoms with Crippen molar-refractivity contribution in [2.45, 2.75) is 34.6 Å². The van der Waals surface area contributed by atoms with Gasteiger partial charge >= 0.3 is 0 Å². The number of halogens is 18. The molecule has 67 heavy (non-hydrogen) atoms. The van der Waals surface area contributed by atoms with Crippen molar-refractivity contribution in [3.63, 3.8) is 0 Å². The normalized spacial score (nSPS) is 10.3. The lowest BCUT2D eigenvalue weighted by molar-refractivity contribution is 0.100. The molecule has 7 nitrogen and oxygen atoms in total. The highest BCUT2D eigenvalue weighted by Gasteiger charge is 2.22. The number of carbonyl (C=O) groups is 3. The summed E-state index contributed by atoms with van der Waals surface area (Å²) in [6.45, 7) is 16.8. The number of benzene rings is 5. The van der Waals surface area contributed by atoms with Crippen LogP contribution < -0.4 is 22.9 Å². The lowest BCUT2D eigenvalue weighted by atomic mass is 10.1. The molecule has 0 spiro atoms. The van der Waals surface area contributed by atoms with Crippen molar-refractivity contribution in [3.05, 3.63) is 123 Å². The third kappa shape index (κ3) is 20.2. The molecule has 5 aromatic carbocycles. The average molecular weight is 2920 g/mol. The molecule has 0 unspecified atom stereocenters. The molecule has 25 heteroatoms. The maximum Gasteiger partial charge on any atom is 0.162 e. The first-order chi connectivity index (χ1) is 30.6. The van der Waals surface area contributed by atoms with Crippen LogP contribution in [-0.2, 0) is 0 Å². The molecule has 0 aliphatic rings. The Hall–Kier alpha value is 6.93. The summed E-state index contributed by atoms with van der Waals surface area (Å²) in [7, 11) is 0. The maximum absolute atomic E-state index is 11.5. The van der Waals surface area contributed by atoms with Crippen molar-refractivity contribution in [2.24, 2.45) is 0 Å². The Kier molecular flexibility index (Phi) is 36.1. The minimum atomic E-state index is -0.0241. The minimum Gasteiger partial charge on any atom is -0.399 e. The number of ketones is 3. The SMILES string of the molecule is C=C(C)c1c(I)c(I)c(I)c(I)c1I.C=C(C)c1c(I)c(I)c(I)c(I)c1I.CC(=O)c1c(I)c(I)c(I)c(I)c1I.CC(=O)c1c(I)c(N)c(I)c(N)c1I.CC(=O)c1cc(N)cc(N)c1. The van der Waals surface area contributed by atoms with E-state index >= 15 is 0 Å². The maximum atomic E-state index is 11.5. The summed E-state index contributed by atoms with van der Waals surface area (Å²) in [5.74, 6) is 0.114. The van der Waals surface area contributed by atoms with Crippen LogP contribution in [0.1, 0.15) is 76.8 Å². The van der Waals surface area contributed by atoms with Gasteiger partial charge in [0, 0.05) is 99.9 Å². The van der Waals surface area contributed by atoms with E-state index in [0.717, 1.165) is 34.6 Å². The molecular weight excluding hydrogens is 2890 g/mol. The highest BCUT2D eigenvalue weighted by Crippen LogP contribution is 2.39. The van der Waals surface area contributed by atoms with E-state index in [4.69, 9.17) is 22.9 Å². The van der Waals surface area contributed by atoms with E-state index in [1.165, 1.54) is 71.4 Å². The molecule has 5 aromatic rings. The standard InChI is InChI=1S/2C9H5I5.C8H3I5O.C8H7I3N2O.C8H10N2O/c2*1-3(2)4-5(10)7(12)9(14)8(13)6(4)11;1-2(14)3-4(9)6(11)8(13)7(12)5(3)10;1-2(14)3-4(9)7(12)6(11)8(13)5(3)10;1-5(11)6-2-7(9)4-8(10)3-6/h2*1H2,2H3;1H3;12-13H2,1H3;2-4H,9-10H2,1H3. The van der Waals surface area contributed by atoms with E-state index in [1.807, 2.05) is 0 Å². The van der Waals surface area contributed by atoms with E-state index in [-0.39, 0.29) is 17.3 Å². The van der Waals surface area contributed by atoms with Crippen LogP contribution in [-0.4, -0.2) is 17.3 Å². The zero-order valence-corrected chi connectivity index (χ0v) is 73.3. The van der Waals surface area contributed by atoms with Crippen molar-refractivity contribution in [1.82, 2.24) is 0 Å². The number of nitrogens with two attached hydrogens (primary N) is 4. The van der Waals surface area contributed by atoms with Crippen LogP contribution in [0, 0.1) is 64.3 Å². The number of hydrogen-bond donors (Lipinski definition) is 4. The Bertz CT molecular complexity index is 2380. The first kappa shape index (κ1) is 71.9. The molecular formula is C42H30I18N4O3. The zero-order chi connectivity index (χ0) is 52.6. The Morgan fingerprint density at radius 1 is 0.313 bits per heavy atom. The second-order valence-corrected chi connectivity index (χ2v) is 32.5. The van der Waals surface area contributed by atoms with Crippen molar-refractivity contribution in [1.29, 1.82) is 0 Å². The van der Waals surface area contributed by atoms with Crippen LogP contribution in [0.3, 0.4) is 0 Å². The first-order valence-electron chi connectivity index (χ1n) is 17.4. The summed E-state index contributed by atoms with van der Waals surface area (Å²) in [6, 6.07) is 4.84. The summed E-state index contributed by atoms with van der Waals surface area (Å²) < 4.78 is 21.5. The van der Waals surface area contributed by atoms with Crippen molar-refractivity contribution in [2.75, 3.05) is 22.9 Å². The van der Waals surface area contributed by atoms with Gasteiger partial charge in [0.05, 0.1) is 14.9 Å². The Balaban J connectivity index is 0.000000420. The van der Waals surface area contributed by atoms with E-state index < -0.39 is 0 Å². The molecule has 0 aliphatic heterocycles. The molecule has 0 radical (unpaired) electrons. The fraction of sp³-hybridized carbons (Fsp3) is 0.119. The molecule has 0 aliphatic carbocycles. The average Bonchev–Trinajstić information content (AvgIpc) is 3.23. The van der Waals surface area contributed by atoms with Gasteiger partial charge in [-0.3, -0.25) is 14.4 Å². The van der Waals surface area contributed by atoms with Crippen LogP contribution in [0.15, 0.2) is 31.4 Å². The van der Waals surface area contributed by atoms with Crippen molar-refractivity contribution >= 4 is 458 Å². The fourth-order valence-corrected chi connectivity index (χ4v) is 25.6. The predicted octanol–water partition coefficient (Wildman–Crippen LogP) is 20.3. The van der Waals surface area contributed by atoms with E-state index in [0.29, 0.717) is 33.9 Å². The van der Waals surface area contributed by atoms with Crippen LogP contribution >= 0.6 is 407 Å². The van der Waals surface area contributed by atoms with Gasteiger partial charge in [-0.25, -0.2) is 0 Å². The summed E-state index contributed by atoms with van der Waals surface area (Å²) >= 11 is 41.7. The lowest BCUT2D eigenvalue weighted by Crippen LogP contribution is -2.09. The molecule has 0 saturated carbocycles. The second kappa shape index (κ2) is 33.6. The van der Waals surface area contributed by atoms with Gasteiger partial charge in [-0.2, -0.15) is 0 Å². The van der Waals surface area contributed by atoms with Gasteiger partial charge in [-0.1, -0.05) is 13.2 Å². The molecule has 0 heterocycles. The predicted molar refractivity (Wildman–Crippen MR) is 438 cm³/mol. The molecule has 0 atom stereocenters. The molecule has 0 saturated heterocycles. The number of hydrogen-bond acceptors (Lipinski definition) is 7. The highest BCUT2D eigenvalue weighted by molar-refractivity contribution is 14.1. The minimum absolute atomic E-state index is 0.00593. The molecule has 0 aromatic heterocycles. The molecule has 0 bridgehead atoms. The first-order valence-corrected chi connectivity index (χ1v) is 36.8. The van der Waals surface area contributed by atoms with Crippen LogP contribution in [0.4, 0.5) is 22.7 Å². The van der Waals surface area contributed by atoms with Crippen LogP contribution in [0.2, 0.25) is 0 Å². The topological polar surface area (TPSA) is 155 Å². The van der Waals surface area contributed by atoms with Gasteiger partial charge < -0.3 is 22.9 Å². The lowest BCUT2D eigenvalue weighted by Gasteiger charge is -2.13. The van der Waals surface area contributed by atoms with Crippen molar-refractivity contribution in [3.8, 4) is 0 Å². The van der Waals surface area contributed by atoms with E-state index in [9.17, 15) is 14.4 Å².